The molecule has 2 aromatic carbocycles. The number of carbonyl (C=O) groups is 2. The highest BCUT2D eigenvalue weighted by molar-refractivity contribution is 6.01. The molecule has 0 saturated heterocycles. The lowest BCUT2D eigenvalue weighted by molar-refractivity contribution is -0.129. The SMILES string of the molecule is CCCOc1ccc(/C=C/C(=O)Oc2ccc(/C=C(\C#N)C(=O)NCCOC)cc2OC)cc1. The molecule has 2 rings (SSSR count). The number of rotatable bonds is 12. The van der Waals surface area contributed by atoms with E-state index in [9.17, 15) is 14.9 Å². The third kappa shape index (κ3) is 8.45. The van der Waals surface area contributed by atoms with Crippen LogP contribution in [0.5, 0.6) is 17.2 Å². The van der Waals surface area contributed by atoms with E-state index < -0.39 is 11.9 Å². The van der Waals surface area contributed by atoms with Crippen LogP contribution in [0.3, 0.4) is 0 Å². The number of ether oxygens (including phenoxy) is 4. The van der Waals surface area contributed by atoms with Gasteiger partial charge in [-0.2, -0.15) is 5.26 Å². The fraction of sp³-hybridized carbons (Fsp3) is 0.269. The van der Waals surface area contributed by atoms with E-state index in [0.29, 0.717) is 18.8 Å². The van der Waals surface area contributed by atoms with E-state index in [1.165, 1.54) is 32.4 Å². The molecule has 0 spiro atoms. The molecule has 0 aliphatic rings. The van der Waals surface area contributed by atoms with Gasteiger partial charge in [0.05, 0.1) is 20.3 Å². The molecule has 8 heteroatoms. The number of nitriles is 1. The number of hydrogen-bond acceptors (Lipinski definition) is 7. The first-order valence-electron chi connectivity index (χ1n) is 10.7. The van der Waals surface area contributed by atoms with Crippen molar-refractivity contribution < 1.29 is 28.5 Å². The van der Waals surface area contributed by atoms with Gasteiger partial charge in [-0.3, -0.25) is 4.79 Å². The first kappa shape index (κ1) is 26.2. The van der Waals surface area contributed by atoms with Gasteiger partial charge in [-0.05, 0) is 54.0 Å². The van der Waals surface area contributed by atoms with Crippen LogP contribution in [0.2, 0.25) is 0 Å². The fourth-order valence-electron chi connectivity index (χ4n) is 2.74. The highest BCUT2D eigenvalue weighted by Gasteiger charge is 2.12. The Bertz CT molecular complexity index is 1070. The van der Waals surface area contributed by atoms with Gasteiger partial charge in [-0.1, -0.05) is 25.1 Å². The van der Waals surface area contributed by atoms with Gasteiger partial charge in [0.25, 0.3) is 5.91 Å². The van der Waals surface area contributed by atoms with Crippen molar-refractivity contribution in [2.24, 2.45) is 0 Å². The van der Waals surface area contributed by atoms with Crippen molar-refractivity contribution in [2.45, 2.75) is 13.3 Å². The maximum atomic E-state index is 12.3. The van der Waals surface area contributed by atoms with Crippen LogP contribution in [0.25, 0.3) is 12.2 Å². The number of methoxy groups -OCH3 is 2. The van der Waals surface area contributed by atoms with Crippen LogP contribution in [0.4, 0.5) is 0 Å². The van der Waals surface area contributed by atoms with Crippen molar-refractivity contribution >= 4 is 24.0 Å². The summed E-state index contributed by atoms with van der Waals surface area (Å²) >= 11 is 0. The average Bonchev–Trinajstić information content (AvgIpc) is 2.86. The van der Waals surface area contributed by atoms with Crippen molar-refractivity contribution in [3.8, 4) is 23.3 Å². The summed E-state index contributed by atoms with van der Waals surface area (Å²) in [6.07, 6.45) is 5.30. The number of benzene rings is 2. The predicted molar refractivity (Wildman–Crippen MR) is 128 cm³/mol. The first-order valence-corrected chi connectivity index (χ1v) is 10.7. The van der Waals surface area contributed by atoms with E-state index in [1.54, 1.807) is 18.2 Å². The Kier molecular flexibility index (Phi) is 10.9. The molecule has 0 unspecified atom stereocenters. The van der Waals surface area contributed by atoms with Gasteiger partial charge < -0.3 is 24.3 Å². The van der Waals surface area contributed by atoms with Gasteiger partial charge in [0.2, 0.25) is 0 Å². The minimum Gasteiger partial charge on any atom is -0.494 e. The smallest absolute Gasteiger partial charge is 0.336 e. The summed E-state index contributed by atoms with van der Waals surface area (Å²) in [7, 11) is 2.95. The maximum Gasteiger partial charge on any atom is 0.336 e. The molecular weight excluding hydrogens is 436 g/mol. The summed E-state index contributed by atoms with van der Waals surface area (Å²) in [5, 5.41) is 11.9. The van der Waals surface area contributed by atoms with E-state index in [4.69, 9.17) is 18.9 Å². The molecular formula is C26H28N2O6. The Morgan fingerprint density at radius 1 is 1.03 bits per heavy atom. The predicted octanol–water partition coefficient (Wildman–Crippen LogP) is 3.77. The lowest BCUT2D eigenvalue weighted by Gasteiger charge is -2.09. The summed E-state index contributed by atoms with van der Waals surface area (Å²) < 4.78 is 21.1. The number of esters is 1. The Labute approximate surface area is 199 Å². The third-order valence-electron chi connectivity index (χ3n) is 4.43. The number of amides is 1. The molecule has 0 bridgehead atoms. The number of hydrogen-bond donors (Lipinski definition) is 1. The van der Waals surface area contributed by atoms with E-state index in [2.05, 4.69) is 5.32 Å². The Balaban J connectivity index is 2.06. The molecule has 0 aliphatic carbocycles. The quantitative estimate of drug-likeness (QED) is 0.167. The molecule has 178 valence electrons. The maximum absolute atomic E-state index is 12.3. The topological polar surface area (TPSA) is 107 Å². The van der Waals surface area contributed by atoms with Crippen molar-refractivity contribution in [3.05, 3.63) is 65.2 Å². The molecule has 0 radical (unpaired) electrons. The lowest BCUT2D eigenvalue weighted by atomic mass is 10.1. The summed E-state index contributed by atoms with van der Waals surface area (Å²) in [5.74, 6) is 0.172. The van der Waals surface area contributed by atoms with Crippen LogP contribution in [-0.4, -0.2) is 45.9 Å². The van der Waals surface area contributed by atoms with E-state index >= 15 is 0 Å². The summed E-state index contributed by atoms with van der Waals surface area (Å²) in [5.41, 5.74) is 1.29. The highest BCUT2D eigenvalue weighted by atomic mass is 16.6. The van der Waals surface area contributed by atoms with E-state index in [-0.39, 0.29) is 23.6 Å². The molecule has 1 amide bonds. The fourth-order valence-corrected chi connectivity index (χ4v) is 2.74. The van der Waals surface area contributed by atoms with E-state index in [1.807, 2.05) is 37.3 Å². The second-order valence-electron chi connectivity index (χ2n) is 7.00. The van der Waals surface area contributed by atoms with Crippen LogP contribution in [0.15, 0.2) is 54.1 Å². The monoisotopic (exact) mass is 464 g/mol. The van der Waals surface area contributed by atoms with Crippen molar-refractivity contribution in [1.29, 1.82) is 5.26 Å². The minimum atomic E-state index is -0.580. The van der Waals surface area contributed by atoms with E-state index in [0.717, 1.165) is 17.7 Å². The number of nitrogens with zero attached hydrogens (tertiary/aromatic N) is 1. The lowest BCUT2D eigenvalue weighted by Crippen LogP contribution is -2.27. The van der Waals surface area contributed by atoms with Crippen LogP contribution in [0.1, 0.15) is 24.5 Å². The minimum absolute atomic E-state index is 0.0723. The summed E-state index contributed by atoms with van der Waals surface area (Å²) in [6, 6.07) is 14.0. The van der Waals surface area contributed by atoms with Crippen LogP contribution in [0, 0.1) is 11.3 Å². The molecule has 34 heavy (non-hydrogen) atoms. The zero-order valence-corrected chi connectivity index (χ0v) is 19.5. The van der Waals surface area contributed by atoms with Gasteiger partial charge in [-0.25, -0.2) is 4.79 Å². The zero-order chi connectivity index (χ0) is 24.8. The molecule has 0 atom stereocenters. The van der Waals surface area contributed by atoms with Crippen LogP contribution in [-0.2, 0) is 14.3 Å². The largest absolute Gasteiger partial charge is 0.494 e. The first-order chi connectivity index (χ1) is 16.5. The Morgan fingerprint density at radius 3 is 2.41 bits per heavy atom. The highest BCUT2D eigenvalue weighted by Crippen LogP contribution is 2.29. The van der Waals surface area contributed by atoms with Crippen molar-refractivity contribution in [3.63, 3.8) is 0 Å². The van der Waals surface area contributed by atoms with Crippen LogP contribution < -0.4 is 19.5 Å². The molecule has 0 aliphatic heterocycles. The molecule has 0 fully saturated rings. The normalized spacial score (nSPS) is 11.1. The Morgan fingerprint density at radius 2 is 1.76 bits per heavy atom. The van der Waals surface area contributed by atoms with Gasteiger partial charge in [0.1, 0.15) is 17.4 Å². The molecule has 0 aromatic heterocycles. The van der Waals surface area contributed by atoms with Gasteiger partial charge in [0, 0.05) is 19.7 Å². The molecule has 0 heterocycles. The zero-order valence-electron chi connectivity index (χ0n) is 19.5. The van der Waals surface area contributed by atoms with Crippen molar-refractivity contribution in [2.75, 3.05) is 34.0 Å². The summed E-state index contributed by atoms with van der Waals surface area (Å²) in [4.78, 5) is 24.4. The molecule has 1 N–H and O–H groups in total. The standard InChI is InChI=1S/C26H28N2O6/c1-4-14-33-22-9-5-19(6-10-22)8-12-25(29)34-23-11-7-20(17-24(23)32-3)16-21(18-27)26(30)28-13-15-31-2/h5-12,16-17H,4,13-15H2,1-3H3,(H,28,30)/b12-8+,21-16+. The Hall–Kier alpha value is -4.09. The average molecular weight is 465 g/mol. The van der Waals surface area contributed by atoms with Gasteiger partial charge in [0.15, 0.2) is 11.5 Å². The second kappa shape index (κ2) is 14.1. The molecule has 0 saturated carbocycles. The van der Waals surface area contributed by atoms with Gasteiger partial charge >= 0.3 is 5.97 Å². The number of nitrogens with one attached hydrogen (secondary N) is 1. The second-order valence-corrected chi connectivity index (χ2v) is 7.00. The third-order valence-corrected chi connectivity index (χ3v) is 4.43. The molecule has 2 aromatic rings. The number of carbonyl (C=O) groups excluding carboxylic acids is 2. The van der Waals surface area contributed by atoms with Crippen LogP contribution >= 0.6 is 0 Å². The summed E-state index contributed by atoms with van der Waals surface area (Å²) in [6.45, 7) is 3.31. The van der Waals surface area contributed by atoms with Crippen molar-refractivity contribution in [1.82, 2.24) is 5.32 Å². The van der Waals surface area contributed by atoms with Gasteiger partial charge in [-0.15, -0.1) is 0 Å². The molecule has 8 nitrogen and oxygen atoms in total.